The van der Waals surface area contributed by atoms with E-state index in [1.54, 1.807) is 0 Å². The lowest BCUT2D eigenvalue weighted by atomic mass is 10.0. The molecule has 0 atom stereocenters. The molecule has 0 saturated heterocycles. The average molecular weight is 302 g/mol. The summed E-state index contributed by atoms with van der Waals surface area (Å²) in [6.07, 6.45) is 9.07. The summed E-state index contributed by atoms with van der Waals surface area (Å²) >= 11 is 0. The van der Waals surface area contributed by atoms with E-state index in [-0.39, 0.29) is 0 Å². The number of benzene rings is 2. The largest absolute Gasteiger partial charge is 0.103 e. The molecule has 0 amide bonds. The molecule has 2 aromatic carbocycles. The van der Waals surface area contributed by atoms with Crippen LogP contribution < -0.4 is 0 Å². The summed E-state index contributed by atoms with van der Waals surface area (Å²) in [6, 6.07) is 17.2. The van der Waals surface area contributed by atoms with Gasteiger partial charge in [-0.2, -0.15) is 0 Å². The van der Waals surface area contributed by atoms with Crippen LogP contribution in [0.2, 0.25) is 0 Å². The van der Waals surface area contributed by atoms with E-state index in [9.17, 15) is 0 Å². The quantitative estimate of drug-likeness (QED) is 0.337. The minimum Gasteiger partial charge on any atom is -0.103 e. The third kappa shape index (κ3) is 6.17. The smallest absolute Gasteiger partial charge is 0.0249 e. The molecule has 0 unspecified atom stereocenters. The second-order valence-corrected chi connectivity index (χ2v) is 5.93. The van der Waals surface area contributed by atoms with Crippen LogP contribution >= 0.6 is 0 Å². The maximum atomic E-state index is 3.76. The van der Waals surface area contributed by atoms with Crippen LogP contribution in [-0.2, 0) is 12.8 Å². The van der Waals surface area contributed by atoms with Crippen molar-refractivity contribution in [3.8, 4) is 11.8 Å². The molecule has 118 valence electrons. The molecule has 0 aromatic heterocycles. The van der Waals surface area contributed by atoms with E-state index in [1.807, 2.05) is 6.08 Å². The molecule has 0 aliphatic rings. The number of rotatable bonds is 7. The highest BCUT2D eigenvalue weighted by atomic mass is 14.0. The topological polar surface area (TPSA) is 0 Å². The fourth-order valence-electron chi connectivity index (χ4n) is 2.50. The van der Waals surface area contributed by atoms with Gasteiger partial charge in [0, 0.05) is 11.1 Å². The molecule has 23 heavy (non-hydrogen) atoms. The molecular weight excluding hydrogens is 276 g/mol. The Morgan fingerprint density at radius 3 is 1.78 bits per heavy atom. The third-order valence-electron chi connectivity index (χ3n) is 3.97. The van der Waals surface area contributed by atoms with E-state index < -0.39 is 0 Å². The minimum absolute atomic E-state index is 1.02. The van der Waals surface area contributed by atoms with Crippen molar-refractivity contribution in [1.82, 2.24) is 0 Å². The van der Waals surface area contributed by atoms with Gasteiger partial charge in [0.25, 0.3) is 0 Å². The van der Waals surface area contributed by atoms with Crippen LogP contribution in [0.15, 0.2) is 61.2 Å². The molecular formula is C23H26. The first kappa shape index (κ1) is 17.1. The van der Waals surface area contributed by atoms with Crippen molar-refractivity contribution in [3.05, 3.63) is 83.4 Å². The average Bonchev–Trinajstić information content (AvgIpc) is 2.60. The van der Waals surface area contributed by atoms with Gasteiger partial charge >= 0.3 is 0 Å². The predicted octanol–water partition coefficient (Wildman–Crippen LogP) is 5.94. The van der Waals surface area contributed by atoms with E-state index in [0.717, 1.165) is 24.0 Å². The molecule has 0 saturated carbocycles. The lowest BCUT2D eigenvalue weighted by Gasteiger charge is -2.00. The molecule has 0 N–H and O–H groups in total. The van der Waals surface area contributed by atoms with Gasteiger partial charge in [-0.25, -0.2) is 0 Å². The number of hydrogen-bond acceptors (Lipinski definition) is 0. The van der Waals surface area contributed by atoms with Gasteiger partial charge in [0.1, 0.15) is 0 Å². The first-order valence-electron chi connectivity index (χ1n) is 8.62. The summed E-state index contributed by atoms with van der Waals surface area (Å²) in [5, 5.41) is 0. The normalized spacial score (nSPS) is 9.96. The minimum atomic E-state index is 1.02. The second kappa shape index (κ2) is 9.70. The molecule has 2 rings (SSSR count). The summed E-state index contributed by atoms with van der Waals surface area (Å²) in [5.74, 6) is 6.50. The molecule has 0 bridgehead atoms. The lowest BCUT2D eigenvalue weighted by Crippen LogP contribution is -1.86. The van der Waals surface area contributed by atoms with Crippen LogP contribution in [0, 0.1) is 11.8 Å². The number of aryl methyl sites for hydroxylation is 2. The molecule has 2 aromatic rings. The molecule has 0 radical (unpaired) electrons. The first-order chi connectivity index (χ1) is 11.3. The molecule has 0 heterocycles. The molecule has 0 spiro atoms. The van der Waals surface area contributed by atoms with Gasteiger partial charge in [0.2, 0.25) is 0 Å². The highest BCUT2D eigenvalue weighted by Crippen LogP contribution is 2.09. The second-order valence-electron chi connectivity index (χ2n) is 5.93. The van der Waals surface area contributed by atoms with E-state index in [2.05, 4.69) is 73.9 Å². The van der Waals surface area contributed by atoms with Crippen molar-refractivity contribution >= 4 is 0 Å². The Morgan fingerprint density at radius 2 is 1.30 bits per heavy atom. The van der Waals surface area contributed by atoms with Crippen LogP contribution in [0.3, 0.4) is 0 Å². The maximum Gasteiger partial charge on any atom is 0.0249 e. The van der Waals surface area contributed by atoms with Gasteiger partial charge in [0.05, 0.1) is 0 Å². The van der Waals surface area contributed by atoms with Crippen molar-refractivity contribution in [3.63, 3.8) is 0 Å². The Kier molecular flexibility index (Phi) is 7.21. The summed E-state index contributed by atoms with van der Waals surface area (Å²) in [5.41, 5.74) is 4.90. The standard InChI is InChI=1S/C23H26/c1-3-5-7-9-21-12-16-23(17-13-21)19-18-22-14-10-20(11-15-22)8-6-4-2/h4,10-17H,2-3,5-9H2,1H3. The summed E-state index contributed by atoms with van der Waals surface area (Å²) < 4.78 is 0. The van der Waals surface area contributed by atoms with E-state index in [0.29, 0.717) is 0 Å². The van der Waals surface area contributed by atoms with Crippen LogP contribution in [0.1, 0.15) is 54.9 Å². The van der Waals surface area contributed by atoms with E-state index in [4.69, 9.17) is 0 Å². The van der Waals surface area contributed by atoms with E-state index >= 15 is 0 Å². The predicted molar refractivity (Wildman–Crippen MR) is 101 cm³/mol. The Bertz CT molecular complexity index is 648. The molecule has 0 fully saturated rings. The maximum absolute atomic E-state index is 3.76. The van der Waals surface area contributed by atoms with Crippen molar-refractivity contribution in [2.75, 3.05) is 0 Å². The third-order valence-corrected chi connectivity index (χ3v) is 3.97. The summed E-state index contributed by atoms with van der Waals surface area (Å²) in [6.45, 7) is 6.00. The number of allylic oxidation sites excluding steroid dienone is 1. The lowest BCUT2D eigenvalue weighted by molar-refractivity contribution is 0.717. The van der Waals surface area contributed by atoms with Gasteiger partial charge in [0.15, 0.2) is 0 Å². The van der Waals surface area contributed by atoms with Crippen LogP contribution in [-0.4, -0.2) is 0 Å². The zero-order chi connectivity index (χ0) is 16.3. The Labute approximate surface area is 141 Å². The van der Waals surface area contributed by atoms with Gasteiger partial charge in [-0.1, -0.05) is 61.9 Å². The van der Waals surface area contributed by atoms with Gasteiger partial charge in [-0.15, -0.1) is 6.58 Å². The summed E-state index contributed by atoms with van der Waals surface area (Å²) in [7, 11) is 0. The van der Waals surface area contributed by atoms with Gasteiger partial charge in [-0.05, 0) is 61.1 Å². The molecule has 0 nitrogen and oxygen atoms in total. The molecule has 0 heteroatoms. The van der Waals surface area contributed by atoms with Crippen molar-refractivity contribution in [1.29, 1.82) is 0 Å². The van der Waals surface area contributed by atoms with Crippen molar-refractivity contribution < 1.29 is 0 Å². The van der Waals surface area contributed by atoms with Crippen molar-refractivity contribution in [2.24, 2.45) is 0 Å². The molecule has 0 aliphatic heterocycles. The number of hydrogen-bond donors (Lipinski definition) is 0. The monoisotopic (exact) mass is 302 g/mol. The van der Waals surface area contributed by atoms with Crippen molar-refractivity contribution in [2.45, 2.75) is 45.4 Å². The van der Waals surface area contributed by atoms with Crippen LogP contribution in [0.5, 0.6) is 0 Å². The first-order valence-corrected chi connectivity index (χ1v) is 8.62. The zero-order valence-electron chi connectivity index (χ0n) is 14.1. The van der Waals surface area contributed by atoms with Gasteiger partial charge in [-0.3, -0.25) is 0 Å². The SMILES string of the molecule is C=CCCc1ccc(C#Cc2ccc(CCCCC)cc2)cc1. The highest BCUT2D eigenvalue weighted by Gasteiger charge is 1.94. The Hall–Kier alpha value is -2.26. The zero-order valence-corrected chi connectivity index (χ0v) is 14.1. The van der Waals surface area contributed by atoms with Crippen LogP contribution in [0.4, 0.5) is 0 Å². The molecule has 0 aliphatic carbocycles. The Morgan fingerprint density at radius 1 is 0.783 bits per heavy atom. The van der Waals surface area contributed by atoms with Crippen LogP contribution in [0.25, 0.3) is 0 Å². The van der Waals surface area contributed by atoms with Gasteiger partial charge < -0.3 is 0 Å². The fraction of sp³-hybridized carbons (Fsp3) is 0.304. The highest BCUT2D eigenvalue weighted by molar-refractivity contribution is 5.44. The Balaban J connectivity index is 1.94. The fourth-order valence-corrected chi connectivity index (χ4v) is 2.50. The summed E-state index contributed by atoms with van der Waals surface area (Å²) in [4.78, 5) is 0. The number of unbranched alkanes of at least 4 members (excludes halogenated alkanes) is 2. The van der Waals surface area contributed by atoms with E-state index in [1.165, 1.54) is 36.8 Å².